The van der Waals surface area contributed by atoms with E-state index in [4.69, 9.17) is 9.47 Å². The van der Waals surface area contributed by atoms with Gasteiger partial charge in [0.25, 0.3) is 11.7 Å². The number of carbonyl (C=O) groups is 2. The third kappa shape index (κ3) is 5.17. The molecule has 1 saturated heterocycles. The predicted octanol–water partition coefficient (Wildman–Crippen LogP) is 6.71. The van der Waals surface area contributed by atoms with Crippen LogP contribution in [0.4, 0.5) is 5.69 Å². The summed E-state index contributed by atoms with van der Waals surface area (Å²) >= 11 is 0. The van der Waals surface area contributed by atoms with Gasteiger partial charge in [-0.15, -0.1) is 0 Å². The van der Waals surface area contributed by atoms with E-state index >= 15 is 0 Å². The lowest BCUT2D eigenvalue weighted by atomic mass is 9.87. The lowest BCUT2D eigenvalue weighted by molar-refractivity contribution is -0.132. The molecule has 3 aromatic rings. The number of nitrogens with zero attached hydrogens (tertiary/aromatic N) is 1. The number of Topliss-reactive ketones (excluding diaryl/α,β-unsaturated/α-hetero) is 1. The Bertz CT molecular complexity index is 1380. The van der Waals surface area contributed by atoms with Crippen molar-refractivity contribution in [3.63, 3.8) is 0 Å². The van der Waals surface area contributed by atoms with Crippen molar-refractivity contribution in [2.24, 2.45) is 0 Å². The number of ether oxygens (including phenoxy) is 2. The van der Waals surface area contributed by atoms with Gasteiger partial charge in [-0.05, 0) is 85.3 Å². The third-order valence-electron chi connectivity index (χ3n) is 6.69. The molecule has 0 radical (unpaired) electrons. The molecule has 0 saturated carbocycles. The van der Waals surface area contributed by atoms with Gasteiger partial charge in [-0.25, -0.2) is 0 Å². The number of aliphatic hydroxyl groups is 1. The molecule has 0 aliphatic carbocycles. The maximum atomic E-state index is 13.5. The average molecular weight is 514 g/mol. The molecule has 1 heterocycles. The zero-order valence-corrected chi connectivity index (χ0v) is 23.0. The summed E-state index contributed by atoms with van der Waals surface area (Å²) in [5, 5.41) is 11.4. The summed E-state index contributed by atoms with van der Waals surface area (Å²) in [6.07, 6.45) is 0.00567. The minimum Gasteiger partial charge on any atom is -0.507 e. The molecule has 0 aromatic heterocycles. The average Bonchev–Trinajstić information content (AvgIpc) is 3.13. The van der Waals surface area contributed by atoms with E-state index in [1.165, 1.54) is 4.90 Å². The second kappa shape index (κ2) is 10.4. The predicted molar refractivity (Wildman–Crippen MR) is 150 cm³/mol. The van der Waals surface area contributed by atoms with E-state index in [9.17, 15) is 14.7 Å². The van der Waals surface area contributed by atoms with Gasteiger partial charge in [0.2, 0.25) is 0 Å². The van der Waals surface area contributed by atoms with Crippen molar-refractivity contribution in [2.45, 2.75) is 59.1 Å². The molecule has 6 heteroatoms. The number of aliphatic hydroxyl groups excluding tert-OH is 1. The lowest BCUT2D eigenvalue weighted by Crippen LogP contribution is -2.29. The maximum Gasteiger partial charge on any atom is 0.300 e. The number of ketones is 1. The van der Waals surface area contributed by atoms with Crippen LogP contribution in [0.5, 0.6) is 11.5 Å². The molecule has 0 spiro atoms. The molecule has 1 aliphatic heterocycles. The van der Waals surface area contributed by atoms with Gasteiger partial charge in [0.05, 0.1) is 24.8 Å². The number of hydrogen-bond acceptors (Lipinski definition) is 5. The summed E-state index contributed by atoms with van der Waals surface area (Å²) in [7, 11) is 1.57. The van der Waals surface area contributed by atoms with Gasteiger partial charge >= 0.3 is 0 Å². The Kier molecular flexibility index (Phi) is 7.36. The van der Waals surface area contributed by atoms with Crippen molar-refractivity contribution in [3.8, 4) is 11.5 Å². The van der Waals surface area contributed by atoms with E-state index < -0.39 is 17.7 Å². The molecule has 1 aliphatic rings. The van der Waals surface area contributed by atoms with Gasteiger partial charge in [-0.1, -0.05) is 45.0 Å². The number of rotatable bonds is 6. The Morgan fingerprint density at radius 3 is 2.11 bits per heavy atom. The van der Waals surface area contributed by atoms with Crippen molar-refractivity contribution < 1.29 is 24.2 Å². The second-order valence-electron chi connectivity index (χ2n) is 10.9. The SMILES string of the molecule is COc1ccc(/C(O)=C2/C(=O)C(=O)N(c3ccc(C(C)(C)C)cc3)C2c2ccc(OC(C)C)cc2)cc1C. The van der Waals surface area contributed by atoms with E-state index in [0.717, 1.165) is 11.1 Å². The fourth-order valence-corrected chi connectivity index (χ4v) is 4.72. The maximum absolute atomic E-state index is 13.5. The number of carbonyl (C=O) groups excluding carboxylic acids is 2. The largest absolute Gasteiger partial charge is 0.507 e. The highest BCUT2D eigenvalue weighted by atomic mass is 16.5. The van der Waals surface area contributed by atoms with E-state index in [1.54, 1.807) is 25.3 Å². The molecule has 1 fully saturated rings. The summed E-state index contributed by atoms with van der Waals surface area (Å²) in [6, 6.07) is 19.3. The molecule has 6 nitrogen and oxygen atoms in total. The molecule has 1 unspecified atom stereocenters. The van der Waals surface area contributed by atoms with Gasteiger partial charge in [0, 0.05) is 11.3 Å². The number of amides is 1. The Labute approximate surface area is 224 Å². The number of methoxy groups -OCH3 is 1. The molecular weight excluding hydrogens is 478 g/mol. The normalized spacial score (nSPS) is 17.3. The van der Waals surface area contributed by atoms with Crippen molar-refractivity contribution in [1.29, 1.82) is 0 Å². The first-order chi connectivity index (χ1) is 17.9. The molecule has 4 rings (SSSR count). The van der Waals surface area contributed by atoms with Crippen LogP contribution in [-0.4, -0.2) is 30.0 Å². The quantitative estimate of drug-likeness (QED) is 0.225. The number of hydrogen-bond donors (Lipinski definition) is 1. The highest BCUT2D eigenvalue weighted by molar-refractivity contribution is 6.51. The summed E-state index contributed by atoms with van der Waals surface area (Å²) in [5.74, 6) is -0.300. The standard InChI is InChI=1S/C32H35NO5/c1-19(2)38-25-15-8-21(9-16-25)28-27(29(34)22-10-17-26(37-7)20(3)18-22)30(35)31(36)33(28)24-13-11-23(12-14-24)32(4,5)6/h8-19,28,34H,1-7H3/b29-27-. The smallest absolute Gasteiger partial charge is 0.300 e. The van der Waals surface area contributed by atoms with Crippen LogP contribution in [0.3, 0.4) is 0 Å². The van der Waals surface area contributed by atoms with Crippen LogP contribution < -0.4 is 14.4 Å². The van der Waals surface area contributed by atoms with Crippen molar-refractivity contribution >= 4 is 23.1 Å². The summed E-state index contributed by atoms with van der Waals surface area (Å²) in [4.78, 5) is 28.4. The Hall–Kier alpha value is -4.06. The molecule has 0 bridgehead atoms. The van der Waals surface area contributed by atoms with Crippen molar-refractivity contribution in [1.82, 2.24) is 0 Å². The lowest BCUT2D eigenvalue weighted by Gasteiger charge is -2.27. The summed E-state index contributed by atoms with van der Waals surface area (Å²) in [6.45, 7) is 12.1. The molecule has 1 atom stereocenters. The number of anilines is 1. The fourth-order valence-electron chi connectivity index (χ4n) is 4.72. The van der Waals surface area contributed by atoms with Crippen molar-refractivity contribution in [3.05, 3.63) is 94.6 Å². The second-order valence-corrected chi connectivity index (χ2v) is 10.9. The Morgan fingerprint density at radius 1 is 0.947 bits per heavy atom. The van der Waals surface area contributed by atoms with Gasteiger partial charge in [0.1, 0.15) is 17.3 Å². The molecule has 38 heavy (non-hydrogen) atoms. The van der Waals surface area contributed by atoms with Crippen molar-refractivity contribution in [2.75, 3.05) is 12.0 Å². The van der Waals surface area contributed by atoms with Gasteiger partial charge in [-0.2, -0.15) is 0 Å². The van der Waals surface area contributed by atoms with Gasteiger partial charge in [0.15, 0.2) is 0 Å². The summed E-state index contributed by atoms with van der Waals surface area (Å²) < 4.78 is 11.1. The third-order valence-corrected chi connectivity index (χ3v) is 6.69. The molecule has 3 aromatic carbocycles. The van der Waals surface area contributed by atoms with Gasteiger partial charge in [-0.3, -0.25) is 14.5 Å². The van der Waals surface area contributed by atoms with E-state index in [1.807, 2.05) is 69.3 Å². The van der Waals surface area contributed by atoms with Crippen LogP contribution in [0.2, 0.25) is 0 Å². The summed E-state index contributed by atoms with van der Waals surface area (Å²) in [5.41, 5.74) is 3.59. The highest BCUT2D eigenvalue weighted by Gasteiger charge is 2.47. The highest BCUT2D eigenvalue weighted by Crippen LogP contribution is 2.43. The molecule has 1 N–H and O–H groups in total. The first-order valence-electron chi connectivity index (χ1n) is 12.8. The first-order valence-corrected chi connectivity index (χ1v) is 12.8. The van der Waals surface area contributed by atoms with E-state index in [-0.39, 0.29) is 22.9 Å². The molecule has 198 valence electrons. The van der Waals surface area contributed by atoms with Crippen LogP contribution in [0.1, 0.15) is 62.9 Å². The van der Waals surface area contributed by atoms with E-state index in [0.29, 0.717) is 28.3 Å². The Balaban J connectivity index is 1.88. The van der Waals surface area contributed by atoms with Crippen LogP contribution in [0.25, 0.3) is 5.76 Å². The first kappa shape index (κ1) is 27.0. The molecule has 1 amide bonds. The van der Waals surface area contributed by atoms with Crippen LogP contribution in [-0.2, 0) is 15.0 Å². The zero-order valence-electron chi connectivity index (χ0n) is 23.0. The number of benzene rings is 3. The van der Waals surface area contributed by atoms with Crippen LogP contribution in [0, 0.1) is 6.92 Å². The molecular formula is C32H35NO5. The number of aryl methyl sites for hydroxylation is 1. The van der Waals surface area contributed by atoms with E-state index in [2.05, 4.69) is 20.8 Å². The minimum atomic E-state index is -0.814. The van der Waals surface area contributed by atoms with Gasteiger partial charge < -0.3 is 14.6 Å². The monoisotopic (exact) mass is 513 g/mol. The van der Waals surface area contributed by atoms with Crippen LogP contribution in [0.15, 0.2) is 72.3 Å². The topological polar surface area (TPSA) is 76.1 Å². The van der Waals surface area contributed by atoms with Crippen LogP contribution >= 0.6 is 0 Å². The minimum absolute atomic E-state index is 0.00567. The Morgan fingerprint density at radius 2 is 1.58 bits per heavy atom. The fraction of sp³-hybridized carbons (Fsp3) is 0.312. The zero-order chi connectivity index (χ0) is 27.8.